The van der Waals surface area contributed by atoms with E-state index in [4.69, 9.17) is 4.74 Å². The van der Waals surface area contributed by atoms with Crippen LogP contribution in [-0.2, 0) is 10.0 Å². The number of hydrogen-bond acceptors (Lipinski definition) is 4. The van der Waals surface area contributed by atoms with Crippen molar-refractivity contribution >= 4 is 21.8 Å². The van der Waals surface area contributed by atoms with Gasteiger partial charge in [0, 0.05) is 10.9 Å². The first-order valence-corrected chi connectivity index (χ1v) is 9.47. The van der Waals surface area contributed by atoms with Gasteiger partial charge in [-0.05, 0) is 55.1 Å². The van der Waals surface area contributed by atoms with E-state index in [2.05, 4.69) is 4.72 Å². The topological polar surface area (TPSA) is 55.4 Å². The maximum Gasteiger partial charge on any atom is 0.241 e. The molecule has 22 heavy (non-hydrogen) atoms. The summed E-state index contributed by atoms with van der Waals surface area (Å²) in [6.45, 7) is 1.82. The van der Waals surface area contributed by atoms with Crippen molar-refractivity contribution in [2.24, 2.45) is 0 Å². The highest BCUT2D eigenvalue weighted by Crippen LogP contribution is 2.21. The maximum atomic E-state index is 12.4. The summed E-state index contributed by atoms with van der Waals surface area (Å²) in [6, 6.07) is 13.8. The Labute approximate surface area is 135 Å². The lowest BCUT2D eigenvalue weighted by molar-refractivity contribution is 0.414. The molecule has 0 bridgehead atoms. The lowest BCUT2D eigenvalue weighted by Crippen LogP contribution is -2.26. The Bertz CT molecular complexity index is 710. The summed E-state index contributed by atoms with van der Waals surface area (Å²) in [5.74, 6) is 0.742. The summed E-state index contributed by atoms with van der Waals surface area (Å²) in [5, 5.41) is 0. The molecule has 0 radical (unpaired) electrons. The van der Waals surface area contributed by atoms with Gasteiger partial charge in [-0.15, -0.1) is 11.8 Å². The summed E-state index contributed by atoms with van der Waals surface area (Å²) in [4.78, 5) is 1.30. The van der Waals surface area contributed by atoms with Crippen LogP contribution in [0.3, 0.4) is 0 Å². The van der Waals surface area contributed by atoms with Crippen molar-refractivity contribution < 1.29 is 13.2 Å². The van der Waals surface area contributed by atoms with Gasteiger partial charge in [0.25, 0.3) is 0 Å². The normalized spacial score (nSPS) is 12.9. The van der Waals surface area contributed by atoms with E-state index < -0.39 is 10.0 Å². The first kappa shape index (κ1) is 16.9. The van der Waals surface area contributed by atoms with Crippen molar-refractivity contribution in [1.82, 2.24) is 4.72 Å². The number of hydrogen-bond donors (Lipinski definition) is 1. The Hall–Kier alpha value is -1.50. The number of methoxy groups -OCH3 is 1. The van der Waals surface area contributed by atoms with Gasteiger partial charge in [-0.3, -0.25) is 0 Å². The molecule has 2 aromatic carbocycles. The molecule has 0 unspecified atom stereocenters. The van der Waals surface area contributed by atoms with Crippen molar-refractivity contribution in [3.05, 3.63) is 54.1 Å². The molecule has 0 saturated heterocycles. The molecular formula is C16H19NO3S2. The van der Waals surface area contributed by atoms with Gasteiger partial charge < -0.3 is 4.74 Å². The Morgan fingerprint density at radius 3 is 2.14 bits per heavy atom. The molecule has 0 aliphatic heterocycles. The van der Waals surface area contributed by atoms with Crippen molar-refractivity contribution in [1.29, 1.82) is 0 Å². The molecule has 2 aromatic rings. The van der Waals surface area contributed by atoms with Crippen LogP contribution in [-0.4, -0.2) is 21.8 Å². The van der Waals surface area contributed by atoms with Crippen LogP contribution in [0.4, 0.5) is 0 Å². The van der Waals surface area contributed by atoms with Crippen LogP contribution < -0.4 is 9.46 Å². The molecule has 0 aliphatic carbocycles. The third-order valence-corrected chi connectivity index (χ3v) is 5.62. The van der Waals surface area contributed by atoms with Crippen molar-refractivity contribution in [3.63, 3.8) is 0 Å². The lowest BCUT2D eigenvalue weighted by Gasteiger charge is -2.15. The van der Waals surface area contributed by atoms with Crippen LogP contribution >= 0.6 is 11.8 Å². The van der Waals surface area contributed by atoms with Crippen LogP contribution in [0.15, 0.2) is 58.3 Å². The van der Waals surface area contributed by atoms with Crippen molar-refractivity contribution in [2.45, 2.75) is 22.8 Å². The summed E-state index contributed by atoms with van der Waals surface area (Å²) >= 11 is 1.58. The molecule has 1 N–H and O–H groups in total. The number of rotatable bonds is 6. The first-order chi connectivity index (χ1) is 10.5. The van der Waals surface area contributed by atoms with Gasteiger partial charge in [-0.2, -0.15) is 0 Å². The average molecular weight is 337 g/mol. The molecule has 0 aliphatic rings. The molecule has 0 fully saturated rings. The SMILES string of the molecule is COc1ccc([C@@H](C)NS(=O)(=O)c2ccc(SC)cc2)cc1. The van der Waals surface area contributed by atoms with E-state index in [1.807, 2.05) is 37.4 Å². The third kappa shape index (κ3) is 4.03. The molecule has 0 amide bonds. The van der Waals surface area contributed by atoms with Crippen molar-refractivity contribution in [2.75, 3.05) is 13.4 Å². The van der Waals surface area contributed by atoms with E-state index >= 15 is 0 Å². The van der Waals surface area contributed by atoms with Crippen molar-refractivity contribution in [3.8, 4) is 5.75 Å². The Balaban J connectivity index is 2.15. The van der Waals surface area contributed by atoms with Crippen LogP contribution in [0.25, 0.3) is 0 Å². The maximum absolute atomic E-state index is 12.4. The van der Waals surface area contributed by atoms with Gasteiger partial charge >= 0.3 is 0 Å². The lowest BCUT2D eigenvalue weighted by atomic mass is 10.1. The first-order valence-electron chi connectivity index (χ1n) is 6.76. The zero-order valence-electron chi connectivity index (χ0n) is 12.7. The second-order valence-electron chi connectivity index (χ2n) is 4.79. The zero-order valence-corrected chi connectivity index (χ0v) is 14.4. The number of sulfonamides is 1. The number of ether oxygens (including phenoxy) is 1. The predicted molar refractivity (Wildman–Crippen MR) is 90.0 cm³/mol. The fourth-order valence-corrected chi connectivity index (χ4v) is 3.66. The standard InChI is InChI=1S/C16H19NO3S2/c1-12(13-4-6-14(20-2)7-5-13)17-22(18,19)16-10-8-15(21-3)9-11-16/h4-12,17H,1-3H3/t12-/m1/s1. The smallest absolute Gasteiger partial charge is 0.241 e. The van der Waals surface area contributed by atoms with Crippen LogP contribution in [0, 0.1) is 0 Å². The molecular weight excluding hydrogens is 318 g/mol. The second kappa shape index (κ2) is 7.17. The monoisotopic (exact) mass is 337 g/mol. The van der Waals surface area contributed by atoms with E-state index in [-0.39, 0.29) is 10.9 Å². The minimum absolute atomic E-state index is 0.269. The summed E-state index contributed by atoms with van der Waals surface area (Å²) < 4.78 is 32.6. The minimum Gasteiger partial charge on any atom is -0.497 e. The van der Waals surface area contributed by atoms with Crippen LogP contribution in [0.5, 0.6) is 5.75 Å². The number of benzene rings is 2. The van der Waals surface area contributed by atoms with E-state index in [0.29, 0.717) is 0 Å². The van der Waals surface area contributed by atoms with Gasteiger partial charge in [0.2, 0.25) is 10.0 Å². The molecule has 118 valence electrons. The highest BCUT2D eigenvalue weighted by molar-refractivity contribution is 7.98. The molecule has 6 heteroatoms. The van der Waals surface area contributed by atoms with Gasteiger partial charge in [-0.25, -0.2) is 13.1 Å². The quantitative estimate of drug-likeness (QED) is 0.820. The molecule has 0 heterocycles. The fraction of sp³-hybridized carbons (Fsp3) is 0.250. The second-order valence-corrected chi connectivity index (χ2v) is 7.39. The average Bonchev–Trinajstić information content (AvgIpc) is 2.54. The van der Waals surface area contributed by atoms with E-state index in [9.17, 15) is 8.42 Å². The minimum atomic E-state index is -3.54. The van der Waals surface area contributed by atoms with Crippen LogP contribution in [0.2, 0.25) is 0 Å². The molecule has 2 rings (SSSR count). The van der Waals surface area contributed by atoms with Crippen LogP contribution in [0.1, 0.15) is 18.5 Å². The predicted octanol–water partition coefficient (Wildman–Crippen LogP) is 3.46. The van der Waals surface area contributed by atoms with E-state index in [1.165, 1.54) is 0 Å². The summed E-state index contributed by atoms with van der Waals surface area (Å²) in [5.41, 5.74) is 0.880. The highest BCUT2D eigenvalue weighted by Gasteiger charge is 2.18. The zero-order chi connectivity index (χ0) is 16.2. The Morgan fingerprint density at radius 1 is 1.05 bits per heavy atom. The number of thioether (sulfide) groups is 1. The molecule has 0 aromatic heterocycles. The largest absolute Gasteiger partial charge is 0.497 e. The molecule has 0 spiro atoms. The summed E-state index contributed by atoms with van der Waals surface area (Å²) in [6.07, 6.45) is 1.95. The van der Waals surface area contributed by atoms with Gasteiger partial charge in [0.15, 0.2) is 0 Å². The Kier molecular flexibility index (Phi) is 5.50. The van der Waals surface area contributed by atoms with Gasteiger partial charge in [0.05, 0.1) is 12.0 Å². The third-order valence-electron chi connectivity index (χ3n) is 3.32. The van der Waals surface area contributed by atoms with Gasteiger partial charge in [0.1, 0.15) is 5.75 Å². The Morgan fingerprint density at radius 2 is 1.64 bits per heavy atom. The van der Waals surface area contributed by atoms with E-state index in [1.54, 1.807) is 43.1 Å². The molecule has 4 nitrogen and oxygen atoms in total. The fourth-order valence-electron chi connectivity index (χ4n) is 2.02. The molecule has 1 atom stereocenters. The van der Waals surface area contributed by atoms with E-state index in [0.717, 1.165) is 16.2 Å². The summed E-state index contributed by atoms with van der Waals surface area (Å²) in [7, 11) is -1.94. The highest BCUT2D eigenvalue weighted by atomic mass is 32.2. The van der Waals surface area contributed by atoms with Gasteiger partial charge in [-0.1, -0.05) is 12.1 Å². The number of nitrogens with one attached hydrogen (secondary N) is 1. The molecule has 0 saturated carbocycles.